The van der Waals surface area contributed by atoms with Gasteiger partial charge in [-0.1, -0.05) is 19.0 Å². The summed E-state index contributed by atoms with van der Waals surface area (Å²) in [7, 11) is 1.63. The first kappa shape index (κ1) is 18.4. The Hall–Kier alpha value is -1.60. The van der Waals surface area contributed by atoms with E-state index in [1.165, 1.54) is 11.2 Å². The van der Waals surface area contributed by atoms with Crippen LogP contribution in [0.5, 0.6) is 0 Å². The van der Waals surface area contributed by atoms with E-state index in [4.69, 9.17) is 5.73 Å². The van der Waals surface area contributed by atoms with E-state index in [9.17, 15) is 9.59 Å². The van der Waals surface area contributed by atoms with Crippen molar-refractivity contribution in [3.05, 3.63) is 18.0 Å². The summed E-state index contributed by atoms with van der Waals surface area (Å²) >= 11 is 0. The molecule has 0 bridgehead atoms. The SMILES string of the molecule is CC(C)[C@H](N)C(=O)NCC(=O)N(C)Cc1ccon1.Cl. The van der Waals surface area contributed by atoms with Gasteiger partial charge in [-0.25, -0.2) is 0 Å². The molecule has 114 valence electrons. The van der Waals surface area contributed by atoms with Crippen molar-refractivity contribution in [2.24, 2.45) is 11.7 Å². The number of rotatable bonds is 6. The normalized spacial score (nSPS) is 11.7. The molecule has 1 rings (SSSR count). The molecule has 0 saturated carbocycles. The average molecular weight is 305 g/mol. The predicted octanol–water partition coefficient (Wildman–Crippen LogP) is 0.154. The highest BCUT2D eigenvalue weighted by molar-refractivity contribution is 5.87. The number of likely N-dealkylation sites (N-methyl/N-ethyl adjacent to an activating group) is 1. The molecular weight excluding hydrogens is 284 g/mol. The van der Waals surface area contributed by atoms with Crippen molar-refractivity contribution < 1.29 is 14.1 Å². The van der Waals surface area contributed by atoms with Gasteiger partial charge in [-0.05, 0) is 5.92 Å². The van der Waals surface area contributed by atoms with Crippen LogP contribution < -0.4 is 11.1 Å². The number of hydrogen-bond acceptors (Lipinski definition) is 5. The van der Waals surface area contributed by atoms with Gasteiger partial charge in [0.15, 0.2) is 0 Å². The predicted molar refractivity (Wildman–Crippen MR) is 76.0 cm³/mol. The molecule has 3 N–H and O–H groups in total. The monoisotopic (exact) mass is 304 g/mol. The highest BCUT2D eigenvalue weighted by atomic mass is 35.5. The summed E-state index contributed by atoms with van der Waals surface area (Å²) in [6.45, 7) is 3.96. The molecule has 1 aromatic rings. The Bertz CT molecular complexity index is 422. The fourth-order valence-corrected chi connectivity index (χ4v) is 1.37. The van der Waals surface area contributed by atoms with Gasteiger partial charge in [0.2, 0.25) is 11.8 Å². The largest absolute Gasteiger partial charge is 0.364 e. The molecule has 0 aromatic carbocycles. The lowest BCUT2D eigenvalue weighted by Crippen LogP contribution is -2.47. The number of halogens is 1. The highest BCUT2D eigenvalue weighted by Crippen LogP contribution is 2.00. The minimum absolute atomic E-state index is 0. The molecule has 0 fully saturated rings. The number of hydrogen-bond donors (Lipinski definition) is 2. The number of nitrogens with two attached hydrogens (primary N) is 1. The van der Waals surface area contributed by atoms with Gasteiger partial charge >= 0.3 is 0 Å². The van der Waals surface area contributed by atoms with E-state index in [-0.39, 0.29) is 36.7 Å². The van der Waals surface area contributed by atoms with E-state index in [1.807, 2.05) is 13.8 Å². The number of carbonyl (C=O) groups is 2. The molecule has 7 nitrogen and oxygen atoms in total. The smallest absolute Gasteiger partial charge is 0.242 e. The molecule has 0 aliphatic heterocycles. The molecule has 1 aromatic heterocycles. The Morgan fingerprint density at radius 2 is 2.15 bits per heavy atom. The van der Waals surface area contributed by atoms with Crippen LogP contribution in [0, 0.1) is 5.92 Å². The Labute approximate surface area is 124 Å². The Balaban J connectivity index is 0.00000361. The van der Waals surface area contributed by atoms with Crippen molar-refractivity contribution in [1.82, 2.24) is 15.4 Å². The van der Waals surface area contributed by atoms with Crippen molar-refractivity contribution >= 4 is 24.2 Å². The van der Waals surface area contributed by atoms with Crippen LogP contribution in [0.2, 0.25) is 0 Å². The third-order valence-corrected chi connectivity index (χ3v) is 2.75. The second-order valence-electron chi connectivity index (χ2n) is 4.73. The number of nitrogens with zero attached hydrogens (tertiary/aromatic N) is 2. The molecular formula is C12H21ClN4O3. The van der Waals surface area contributed by atoms with E-state index in [0.717, 1.165) is 0 Å². The molecule has 0 aliphatic rings. The summed E-state index contributed by atoms with van der Waals surface area (Å²) in [5.74, 6) is -0.506. The Morgan fingerprint density at radius 1 is 1.50 bits per heavy atom. The van der Waals surface area contributed by atoms with Crippen LogP contribution in [0.3, 0.4) is 0 Å². The molecule has 0 spiro atoms. The van der Waals surface area contributed by atoms with E-state index in [1.54, 1.807) is 13.1 Å². The third kappa shape index (κ3) is 5.58. The lowest BCUT2D eigenvalue weighted by molar-refractivity contribution is -0.132. The fourth-order valence-electron chi connectivity index (χ4n) is 1.37. The zero-order valence-electron chi connectivity index (χ0n) is 11.8. The van der Waals surface area contributed by atoms with Crippen LogP contribution in [-0.4, -0.2) is 41.5 Å². The van der Waals surface area contributed by atoms with Gasteiger partial charge < -0.3 is 20.5 Å². The molecule has 0 saturated heterocycles. The van der Waals surface area contributed by atoms with Gasteiger partial charge in [0.25, 0.3) is 0 Å². The lowest BCUT2D eigenvalue weighted by atomic mass is 10.1. The molecule has 0 aliphatic carbocycles. The summed E-state index contributed by atoms with van der Waals surface area (Å²) in [5.41, 5.74) is 6.33. The zero-order chi connectivity index (χ0) is 14.4. The molecule has 2 amide bonds. The maximum Gasteiger partial charge on any atom is 0.242 e. The van der Waals surface area contributed by atoms with E-state index in [2.05, 4.69) is 15.0 Å². The minimum Gasteiger partial charge on any atom is -0.364 e. The number of aromatic nitrogens is 1. The van der Waals surface area contributed by atoms with Crippen LogP contribution in [-0.2, 0) is 16.1 Å². The second kappa shape index (κ2) is 8.55. The van der Waals surface area contributed by atoms with E-state index >= 15 is 0 Å². The summed E-state index contributed by atoms with van der Waals surface area (Å²) in [5, 5.41) is 6.23. The van der Waals surface area contributed by atoms with Crippen molar-refractivity contribution in [1.29, 1.82) is 0 Å². The fraction of sp³-hybridized carbons (Fsp3) is 0.583. The highest BCUT2D eigenvalue weighted by Gasteiger charge is 2.18. The summed E-state index contributed by atoms with van der Waals surface area (Å²) in [4.78, 5) is 24.8. The maximum absolute atomic E-state index is 11.8. The number of carbonyl (C=O) groups excluding carboxylic acids is 2. The number of nitrogens with one attached hydrogen (secondary N) is 1. The Morgan fingerprint density at radius 3 is 2.65 bits per heavy atom. The van der Waals surface area contributed by atoms with Crippen molar-refractivity contribution in [3.8, 4) is 0 Å². The number of amides is 2. The molecule has 20 heavy (non-hydrogen) atoms. The van der Waals surface area contributed by atoms with Crippen LogP contribution in [0.1, 0.15) is 19.5 Å². The van der Waals surface area contributed by atoms with Crippen LogP contribution in [0.15, 0.2) is 16.9 Å². The van der Waals surface area contributed by atoms with Gasteiger partial charge in [-0.2, -0.15) is 0 Å². The summed E-state index contributed by atoms with van der Waals surface area (Å²) in [6, 6.07) is 1.07. The van der Waals surface area contributed by atoms with Gasteiger partial charge in [0.05, 0.1) is 19.1 Å². The van der Waals surface area contributed by atoms with Crippen molar-refractivity contribution in [2.45, 2.75) is 26.4 Å². The summed E-state index contributed by atoms with van der Waals surface area (Å²) in [6.07, 6.45) is 1.44. The van der Waals surface area contributed by atoms with Crippen LogP contribution >= 0.6 is 12.4 Å². The van der Waals surface area contributed by atoms with Crippen LogP contribution in [0.25, 0.3) is 0 Å². The van der Waals surface area contributed by atoms with Gasteiger partial charge in [-0.3, -0.25) is 9.59 Å². The quantitative estimate of drug-likeness (QED) is 0.779. The van der Waals surface area contributed by atoms with Crippen molar-refractivity contribution in [3.63, 3.8) is 0 Å². The molecule has 0 radical (unpaired) electrons. The molecule has 0 unspecified atom stereocenters. The average Bonchev–Trinajstić information content (AvgIpc) is 2.86. The maximum atomic E-state index is 11.8. The molecule has 1 atom stereocenters. The van der Waals surface area contributed by atoms with Crippen LogP contribution in [0.4, 0.5) is 0 Å². The topological polar surface area (TPSA) is 101 Å². The second-order valence-corrected chi connectivity index (χ2v) is 4.73. The minimum atomic E-state index is -0.603. The first-order valence-corrected chi connectivity index (χ1v) is 6.08. The lowest BCUT2D eigenvalue weighted by Gasteiger charge is -2.18. The third-order valence-electron chi connectivity index (χ3n) is 2.75. The first-order valence-electron chi connectivity index (χ1n) is 6.08. The molecule has 1 heterocycles. The molecule has 8 heteroatoms. The zero-order valence-corrected chi connectivity index (χ0v) is 12.6. The van der Waals surface area contributed by atoms with Crippen molar-refractivity contribution in [2.75, 3.05) is 13.6 Å². The van der Waals surface area contributed by atoms with Gasteiger partial charge in [0, 0.05) is 13.1 Å². The Kier molecular flexibility index (Phi) is 7.86. The van der Waals surface area contributed by atoms with E-state index in [0.29, 0.717) is 12.2 Å². The van der Waals surface area contributed by atoms with E-state index < -0.39 is 6.04 Å². The van der Waals surface area contributed by atoms with Gasteiger partial charge in [-0.15, -0.1) is 12.4 Å². The van der Waals surface area contributed by atoms with Gasteiger partial charge in [0.1, 0.15) is 12.0 Å². The summed E-state index contributed by atoms with van der Waals surface area (Å²) < 4.78 is 4.68. The standard InChI is InChI=1S/C12H20N4O3.ClH/c1-8(2)11(13)12(18)14-6-10(17)16(3)7-9-4-5-19-15-9;/h4-5,8,11H,6-7,13H2,1-3H3,(H,14,18);1H/t11-;/m0./s1. The first-order chi connectivity index (χ1) is 8.91.